The van der Waals surface area contributed by atoms with Crippen molar-refractivity contribution in [3.8, 4) is 11.5 Å². The standard InChI is InChI=1S/C46H38N2O3/c1-34-16-18-35(19-17-34)46(49)36-20-29-45(30-21-36)51-44-15-9-14-39(28-33-44)47(37-10-5-3-6-11-37)40-22-24-41(25-23-40)48(38-12-7-4-8-13-38)42-26-31-43(50-2)32-27-42/h3-14,16-33H,15H2,1-2H3. The first-order valence-electron chi connectivity index (χ1n) is 17.0. The van der Waals surface area contributed by atoms with Gasteiger partial charge in [0.05, 0.1) is 7.11 Å². The van der Waals surface area contributed by atoms with Gasteiger partial charge in [0.25, 0.3) is 0 Å². The zero-order chi connectivity index (χ0) is 35.0. The molecule has 0 atom stereocenters. The maximum Gasteiger partial charge on any atom is 0.193 e. The zero-order valence-corrected chi connectivity index (χ0v) is 28.6. The fourth-order valence-electron chi connectivity index (χ4n) is 6.05. The summed E-state index contributed by atoms with van der Waals surface area (Å²) in [5, 5.41) is 0. The maximum atomic E-state index is 13.0. The maximum absolute atomic E-state index is 13.0. The van der Waals surface area contributed by atoms with Crippen LogP contribution in [0.4, 0.5) is 28.4 Å². The van der Waals surface area contributed by atoms with Gasteiger partial charge in [0.1, 0.15) is 17.3 Å². The van der Waals surface area contributed by atoms with E-state index >= 15 is 0 Å². The van der Waals surface area contributed by atoms with Crippen LogP contribution in [0.3, 0.4) is 0 Å². The molecule has 5 nitrogen and oxygen atoms in total. The van der Waals surface area contributed by atoms with Gasteiger partial charge in [0, 0.05) is 51.7 Å². The van der Waals surface area contributed by atoms with Crippen molar-refractivity contribution in [3.05, 3.63) is 210 Å². The molecular weight excluding hydrogens is 629 g/mol. The fraction of sp³-hybridized carbons (Fsp3) is 0.0652. The third-order valence-electron chi connectivity index (χ3n) is 8.71. The minimum Gasteiger partial charge on any atom is -0.497 e. The molecule has 6 aromatic carbocycles. The molecule has 0 aliphatic heterocycles. The minimum atomic E-state index is -0.00622. The smallest absolute Gasteiger partial charge is 0.193 e. The highest BCUT2D eigenvalue weighted by atomic mass is 16.5. The summed E-state index contributed by atoms with van der Waals surface area (Å²) in [4.78, 5) is 17.4. The molecule has 0 aromatic heterocycles. The van der Waals surface area contributed by atoms with E-state index in [4.69, 9.17) is 9.47 Å². The summed E-state index contributed by atoms with van der Waals surface area (Å²) in [7, 11) is 1.68. The lowest BCUT2D eigenvalue weighted by atomic mass is 10.0. The number of aryl methyl sites for hydroxylation is 1. The number of hydrogen-bond acceptors (Lipinski definition) is 5. The predicted molar refractivity (Wildman–Crippen MR) is 208 cm³/mol. The van der Waals surface area contributed by atoms with Crippen molar-refractivity contribution in [3.63, 3.8) is 0 Å². The summed E-state index contributed by atoms with van der Waals surface area (Å²) < 4.78 is 11.7. The van der Waals surface area contributed by atoms with Crippen molar-refractivity contribution in [1.82, 2.24) is 0 Å². The number of rotatable bonds is 11. The first-order chi connectivity index (χ1) is 25.1. The van der Waals surface area contributed by atoms with Crippen LogP contribution in [0, 0.1) is 6.92 Å². The molecule has 1 aliphatic carbocycles. The van der Waals surface area contributed by atoms with Crippen LogP contribution in [0.25, 0.3) is 0 Å². The molecule has 0 spiro atoms. The third kappa shape index (κ3) is 7.69. The highest BCUT2D eigenvalue weighted by Crippen LogP contribution is 2.38. The summed E-state index contributed by atoms with van der Waals surface area (Å²) in [5.74, 6) is 2.30. The van der Waals surface area contributed by atoms with E-state index in [2.05, 4.69) is 113 Å². The van der Waals surface area contributed by atoms with Crippen LogP contribution < -0.4 is 19.3 Å². The van der Waals surface area contributed by atoms with Crippen LogP contribution in [-0.4, -0.2) is 12.9 Å². The van der Waals surface area contributed by atoms with Crippen LogP contribution in [0.2, 0.25) is 0 Å². The van der Waals surface area contributed by atoms with Crippen molar-refractivity contribution in [2.75, 3.05) is 16.9 Å². The number of ketones is 1. The lowest BCUT2D eigenvalue weighted by molar-refractivity contribution is 0.103. The number of hydrogen-bond donors (Lipinski definition) is 0. The van der Waals surface area contributed by atoms with E-state index in [0.29, 0.717) is 23.3 Å². The molecule has 1 aliphatic rings. The molecule has 0 amide bonds. The van der Waals surface area contributed by atoms with Gasteiger partial charge >= 0.3 is 0 Å². The monoisotopic (exact) mass is 666 g/mol. The summed E-state index contributed by atoms with van der Waals surface area (Å²) in [6.45, 7) is 2.01. The van der Waals surface area contributed by atoms with Crippen molar-refractivity contribution < 1.29 is 14.3 Å². The molecular formula is C46H38N2O3. The minimum absolute atomic E-state index is 0.00622. The molecule has 0 saturated heterocycles. The van der Waals surface area contributed by atoms with E-state index in [0.717, 1.165) is 51.2 Å². The average molecular weight is 667 g/mol. The van der Waals surface area contributed by atoms with Gasteiger partial charge in [-0.15, -0.1) is 0 Å². The molecule has 6 aromatic rings. The van der Waals surface area contributed by atoms with Gasteiger partial charge in [-0.2, -0.15) is 0 Å². The Kier molecular flexibility index (Phi) is 9.89. The lowest BCUT2D eigenvalue weighted by Gasteiger charge is -2.28. The Balaban J connectivity index is 1.15. The number of carbonyl (C=O) groups is 1. The first kappa shape index (κ1) is 32.9. The van der Waals surface area contributed by atoms with E-state index in [9.17, 15) is 4.79 Å². The Bertz CT molecular complexity index is 2170. The Hall–Kier alpha value is -6.59. The molecule has 0 fully saturated rings. The number of methoxy groups -OCH3 is 1. The SMILES string of the molecule is COc1ccc(N(c2ccccc2)c2ccc(N(C3=CC=C(Oc4ccc(C(=O)c5ccc(C)cc5)cc4)CC=C3)c3ccccc3)cc2)cc1. The molecule has 7 rings (SSSR count). The van der Waals surface area contributed by atoms with Crippen LogP contribution in [0.1, 0.15) is 27.9 Å². The molecule has 5 heteroatoms. The fourth-order valence-corrected chi connectivity index (χ4v) is 6.05. The molecule has 0 bridgehead atoms. The number of para-hydroxylation sites is 2. The number of anilines is 5. The Morgan fingerprint density at radius 3 is 1.57 bits per heavy atom. The van der Waals surface area contributed by atoms with Crippen molar-refractivity contribution in [2.45, 2.75) is 13.3 Å². The van der Waals surface area contributed by atoms with Gasteiger partial charge in [-0.05, 0) is 122 Å². The molecule has 0 heterocycles. The van der Waals surface area contributed by atoms with Gasteiger partial charge in [-0.1, -0.05) is 72.3 Å². The molecule has 0 radical (unpaired) electrons. The van der Waals surface area contributed by atoms with E-state index in [1.54, 1.807) is 7.11 Å². The number of carbonyl (C=O) groups excluding carboxylic acids is 1. The van der Waals surface area contributed by atoms with Gasteiger partial charge in [-0.3, -0.25) is 4.79 Å². The number of allylic oxidation sites excluding steroid dienone is 4. The third-order valence-corrected chi connectivity index (χ3v) is 8.71. The molecule has 250 valence electrons. The van der Waals surface area contributed by atoms with Gasteiger partial charge in [0.15, 0.2) is 5.78 Å². The van der Waals surface area contributed by atoms with Crippen LogP contribution in [0.5, 0.6) is 11.5 Å². The second-order valence-electron chi connectivity index (χ2n) is 12.2. The quantitative estimate of drug-likeness (QED) is 0.129. The number of nitrogens with zero attached hydrogens (tertiary/aromatic N) is 2. The van der Waals surface area contributed by atoms with Crippen LogP contribution in [-0.2, 0) is 0 Å². The summed E-state index contributed by atoms with van der Waals surface area (Å²) >= 11 is 0. The van der Waals surface area contributed by atoms with Gasteiger partial charge in [0.2, 0.25) is 0 Å². The van der Waals surface area contributed by atoms with Crippen LogP contribution >= 0.6 is 0 Å². The van der Waals surface area contributed by atoms with E-state index in [1.165, 1.54) is 0 Å². The molecule has 0 saturated carbocycles. The number of ether oxygens (including phenoxy) is 2. The summed E-state index contributed by atoms with van der Waals surface area (Å²) in [5.41, 5.74) is 8.63. The zero-order valence-electron chi connectivity index (χ0n) is 28.6. The predicted octanol–water partition coefficient (Wildman–Crippen LogP) is 11.6. The lowest BCUT2D eigenvalue weighted by Crippen LogP contribution is -2.15. The van der Waals surface area contributed by atoms with Crippen molar-refractivity contribution >= 4 is 34.2 Å². The Morgan fingerprint density at radius 2 is 1.00 bits per heavy atom. The van der Waals surface area contributed by atoms with Gasteiger partial charge < -0.3 is 19.3 Å². The summed E-state index contributed by atoms with van der Waals surface area (Å²) in [6.07, 6.45) is 8.98. The van der Waals surface area contributed by atoms with Crippen LogP contribution in [0.15, 0.2) is 193 Å². The Morgan fingerprint density at radius 1 is 0.529 bits per heavy atom. The Labute approximate surface area is 299 Å². The van der Waals surface area contributed by atoms with E-state index in [1.807, 2.05) is 85.8 Å². The largest absolute Gasteiger partial charge is 0.497 e. The average Bonchev–Trinajstić information content (AvgIpc) is 3.42. The highest BCUT2D eigenvalue weighted by molar-refractivity contribution is 6.09. The molecule has 0 N–H and O–H groups in total. The molecule has 51 heavy (non-hydrogen) atoms. The number of benzene rings is 6. The highest BCUT2D eigenvalue weighted by Gasteiger charge is 2.17. The normalized spacial score (nSPS) is 12.3. The van der Waals surface area contributed by atoms with Gasteiger partial charge in [-0.25, -0.2) is 0 Å². The topological polar surface area (TPSA) is 42.0 Å². The summed E-state index contributed by atoms with van der Waals surface area (Å²) in [6, 6.07) is 52.4. The first-order valence-corrected chi connectivity index (χ1v) is 17.0. The van der Waals surface area contributed by atoms with Crippen molar-refractivity contribution in [1.29, 1.82) is 0 Å². The van der Waals surface area contributed by atoms with E-state index < -0.39 is 0 Å². The second kappa shape index (κ2) is 15.3. The second-order valence-corrected chi connectivity index (χ2v) is 12.2. The van der Waals surface area contributed by atoms with Crippen molar-refractivity contribution in [2.24, 2.45) is 0 Å². The molecule has 0 unspecified atom stereocenters. The van der Waals surface area contributed by atoms with E-state index in [-0.39, 0.29) is 5.78 Å².